The monoisotopic (exact) mass is 295 g/mol. The minimum absolute atomic E-state index is 0.110. The van der Waals surface area contributed by atoms with Crippen LogP contribution in [0.25, 0.3) is 0 Å². The van der Waals surface area contributed by atoms with Crippen LogP contribution in [0.4, 0.5) is 18.9 Å². The number of nitrogens with one attached hydrogen (secondary N) is 1. The smallest absolute Gasteiger partial charge is 0.397 e. The minimum atomic E-state index is -4.37. The number of alkyl halides is 3. The highest BCUT2D eigenvalue weighted by Gasteiger charge is 2.29. The number of anilines is 1. The first-order valence-corrected chi connectivity index (χ1v) is 6.02. The van der Waals surface area contributed by atoms with Gasteiger partial charge in [-0.2, -0.15) is 13.2 Å². The molecule has 0 radical (unpaired) electrons. The Morgan fingerprint density at radius 2 is 1.86 bits per heavy atom. The molecule has 1 heterocycles. The third-order valence-corrected chi connectivity index (χ3v) is 2.83. The lowest BCUT2D eigenvalue weighted by molar-refractivity contribution is -0.137. The van der Waals surface area contributed by atoms with Crippen LogP contribution in [0.3, 0.4) is 0 Å². The predicted molar refractivity (Wildman–Crippen MR) is 71.3 cm³/mol. The number of carbonyl (C=O) groups excluding carboxylic acids is 1. The van der Waals surface area contributed by atoms with Gasteiger partial charge < -0.3 is 11.1 Å². The standard InChI is InChI=1S/C14H12F3N3O/c15-14(16,17)10-3-1-9(2-4-10)7-20-13(21)11-5-6-19-8-12(11)18/h1-6,8H,7,18H2,(H,20,21). The van der Waals surface area contributed by atoms with Crippen LogP contribution in [0.1, 0.15) is 21.5 Å². The number of rotatable bonds is 3. The second-order valence-corrected chi connectivity index (χ2v) is 4.34. The molecule has 0 saturated carbocycles. The van der Waals surface area contributed by atoms with Gasteiger partial charge in [0, 0.05) is 12.7 Å². The van der Waals surface area contributed by atoms with Crippen LogP contribution in [0.5, 0.6) is 0 Å². The molecule has 0 unspecified atom stereocenters. The van der Waals surface area contributed by atoms with Crippen molar-refractivity contribution >= 4 is 11.6 Å². The molecule has 0 spiro atoms. The Kier molecular flexibility index (Phi) is 4.11. The van der Waals surface area contributed by atoms with Crippen molar-refractivity contribution in [2.24, 2.45) is 0 Å². The minimum Gasteiger partial charge on any atom is -0.397 e. The van der Waals surface area contributed by atoms with Gasteiger partial charge in [-0.25, -0.2) is 0 Å². The van der Waals surface area contributed by atoms with Gasteiger partial charge in [-0.1, -0.05) is 12.1 Å². The van der Waals surface area contributed by atoms with E-state index in [1.165, 1.54) is 30.6 Å². The highest BCUT2D eigenvalue weighted by atomic mass is 19.4. The lowest BCUT2D eigenvalue weighted by Gasteiger charge is -2.09. The summed E-state index contributed by atoms with van der Waals surface area (Å²) in [7, 11) is 0. The van der Waals surface area contributed by atoms with E-state index in [0.717, 1.165) is 12.1 Å². The Balaban J connectivity index is 2.00. The van der Waals surface area contributed by atoms with Crippen LogP contribution in [0.15, 0.2) is 42.7 Å². The second kappa shape index (κ2) is 5.82. The zero-order valence-corrected chi connectivity index (χ0v) is 10.8. The number of amides is 1. The predicted octanol–water partition coefficient (Wildman–Crippen LogP) is 2.61. The van der Waals surface area contributed by atoms with Crippen molar-refractivity contribution in [3.05, 3.63) is 59.4 Å². The molecular formula is C14H12F3N3O. The molecule has 21 heavy (non-hydrogen) atoms. The average Bonchev–Trinajstić information content (AvgIpc) is 2.45. The van der Waals surface area contributed by atoms with Gasteiger partial charge in [-0.15, -0.1) is 0 Å². The summed E-state index contributed by atoms with van der Waals surface area (Å²) in [6.45, 7) is 0.110. The third kappa shape index (κ3) is 3.71. The maximum atomic E-state index is 12.4. The molecule has 0 atom stereocenters. The maximum Gasteiger partial charge on any atom is 0.416 e. The summed E-state index contributed by atoms with van der Waals surface area (Å²) in [5, 5.41) is 2.59. The quantitative estimate of drug-likeness (QED) is 0.914. The number of hydrogen-bond acceptors (Lipinski definition) is 3. The Hall–Kier alpha value is -2.57. The van der Waals surface area contributed by atoms with Gasteiger partial charge in [-0.05, 0) is 23.8 Å². The molecule has 7 heteroatoms. The first-order chi connectivity index (χ1) is 9.88. The molecule has 0 fully saturated rings. The van der Waals surface area contributed by atoms with E-state index < -0.39 is 17.6 Å². The molecule has 0 aliphatic heterocycles. The van der Waals surface area contributed by atoms with Crippen molar-refractivity contribution in [2.75, 3.05) is 5.73 Å². The molecule has 110 valence electrons. The number of nitrogens with two attached hydrogens (primary N) is 1. The van der Waals surface area contributed by atoms with Gasteiger partial charge >= 0.3 is 6.18 Å². The Morgan fingerprint density at radius 3 is 2.43 bits per heavy atom. The van der Waals surface area contributed by atoms with Gasteiger partial charge in [0.2, 0.25) is 0 Å². The maximum absolute atomic E-state index is 12.4. The van der Waals surface area contributed by atoms with E-state index in [-0.39, 0.29) is 17.8 Å². The number of halogens is 3. The van der Waals surface area contributed by atoms with Crippen molar-refractivity contribution in [3.8, 4) is 0 Å². The number of hydrogen-bond donors (Lipinski definition) is 2. The van der Waals surface area contributed by atoms with Crippen LogP contribution in [-0.4, -0.2) is 10.9 Å². The molecule has 0 aliphatic carbocycles. The summed E-state index contributed by atoms with van der Waals surface area (Å²) in [6.07, 6.45) is -1.58. The van der Waals surface area contributed by atoms with Crippen molar-refractivity contribution in [2.45, 2.75) is 12.7 Å². The summed E-state index contributed by atoms with van der Waals surface area (Å²) in [5.74, 6) is -0.408. The highest BCUT2D eigenvalue weighted by molar-refractivity contribution is 5.98. The number of aromatic nitrogens is 1. The fourth-order valence-corrected chi connectivity index (χ4v) is 1.70. The number of carbonyl (C=O) groups is 1. The van der Waals surface area contributed by atoms with Crippen molar-refractivity contribution in [3.63, 3.8) is 0 Å². The number of nitrogens with zero attached hydrogens (tertiary/aromatic N) is 1. The van der Waals surface area contributed by atoms with Gasteiger partial charge in [0.1, 0.15) is 0 Å². The lowest BCUT2D eigenvalue weighted by atomic mass is 10.1. The van der Waals surface area contributed by atoms with E-state index in [0.29, 0.717) is 5.56 Å². The zero-order valence-electron chi connectivity index (χ0n) is 10.8. The van der Waals surface area contributed by atoms with Crippen molar-refractivity contribution in [1.82, 2.24) is 10.3 Å². The first kappa shape index (κ1) is 14.8. The molecule has 0 saturated heterocycles. The summed E-state index contributed by atoms with van der Waals surface area (Å²) < 4.78 is 37.2. The number of nitrogen functional groups attached to an aromatic ring is 1. The van der Waals surface area contributed by atoms with Crippen LogP contribution in [-0.2, 0) is 12.7 Å². The summed E-state index contributed by atoms with van der Waals surface area (Å²) in [5.41, 5.74) is 5.96. The van der Waals surface area contributed by atoms with Crippen molar-refractivity contribution < 1.29 is 18.0 Å². The normalized spacial score (nSPS) is 11.2. The molecule has 4 nitrogen and oxygen atoms in total. The number of benzene rings is 1. The Morgan fingerprint density at radius 1 is 1.19 bits per heavy atom. The van der Waals surface area contributed by atoms with Gasteiger partial charge in [0.25, 0.3) is 5.91 Å². The van der Waals surface area contributed by atoms with Crippen LogP contribution >= 0.6 is 0 Å². The first-order valence-electron chi connectivity index (χ1n) is 6.02. The fraction of sp³-hybridized carbons (Fsp3) is 0.143. The molecule has 0 aliphatic rings. The largest absolute Gasteiger partial charge is 0.416 e. The molecule has 1 aromatic carbocycles. The summed E-state index contributed by atoms with van der Waals surface area (Å²) in [4.78, 5) is 15.6. The summed E-state index contributed by atoms with van der Waals surface area (Å²) >= 11 is 0. The summed E-state index contributed by atoms with van der Waals surface area (Å²) in [6, 6.07) is 6.06. The van der Waals surface area contributed by atoms with Crippen molar-refractivity contribution in [1.29, 1.82) is 0 Å². The Labute approximate surface area is 118 Å². The SMILES string of the molecule is Nc1cnccc1C(=O)NCc1ccc(C(F)(F)F)cc1. The van der Waals surface area contributed by atoms with Crippen LogP contribution in [0, 0.1) is 0 Å². The van der Waals surface area contributed by atoms with E-state index in [2.05, 4.69) is 10.3 Å². The third-order valence-electron chi connectivity index (χ3n) is 2.83. The van der Waals surface area contributed by atoms with Gasteiger partial charge in [-0.3, -0.25) is 9.78 Å². The molecule has 1 aromatic heterocycles. The van der Waals surface area contributed by atoms with Gasteiger partial charge in [0.15, 0.2) is 0 Å². The molecule has 1 amide bonds. The second-order valence-electron chi connectivity index (χ2n) is 4.34. The van der Waals surface area contributed by atoms with Gasteiger partial charge in [0.05, 0.1) is 23.0 Å². The fourth-order valence-electron chi connectivity index (χ4n) is 1.70. The van der Waals surface area contributed by atoms with E-state index >= 15 is 0 Å². The molecule has 2 aromatic rings. The van der Waals surface area contributed by atoms with E-state index in [1.54, 1.807) is 0 Å². The average molecular weight is 295 g/mol. The molecular weight excluding hydrogens is 283 g/mol. The van der Waals surface area contributed by atoms with Crippen LogP contribution < -0.4 is 11.1 Å². The Bertz CT molecular complexity index is 639. The molecule has 0 bridgehead atoms. The van der Waals surface area contributed by atoms with E-state index in [9.17, 15) is 18.0 Å². The molecule has 3 N–H and O–H groups in total. The van der Waals surface area contributed by atoms with E-state index in [4.69, 9.17) is 5.73 Å². The topological polar surface area (TPSA) is 68.0 Å². The van der Waals surface area contributed by atoms with E-state index in [1.807, 2.05) is 0 Å². The molecule has 2 rings (SSSR count). The van der Waals surface area contributed by atoms with Crippen LogP contribution in [0.2, 0.25) is 0 Å². The number of pyridine rings is 1. The lowest BCUT2D eigenvalue weighted by Crippen LogP contribution is -2.23. The highest BCUT2D eigenvalue weighted by Crippen LogP contribution is 2.29. The zero-order chi connectivity index (χ0) is 15.5.